The molecule has 0 spiro atoms. The SMILES string of the molecule is Cc1ccc(C)c(-n2c(O)c(C=Nc3cc4c(cc3N3CCN(c5ccccc5)CC3)n(C)c(=O)n4C)c(=O)[nH]c2=O)c1. The Morgan fingerprint density at radius 2 is 1.47 bits per heavy atom. The molecule has 3 aromatic carbocycles. The molecule has 0 atom stereocenters. The molecular formula is C32H33N7O4. The van der Waals surface area contributed by atoms with E-state index in [1.165, 1.54) is 6.21 Å². The van der Waals surface area contributed by atoms with Gasteiger partial charge in [-0.15, -0.1) is 0 Å². The van der Waals surface area contributed by atoms with Crippen LogP contribution in [0.2, 0.25) is 0 Å². The number of hydrogen-bond donors (Lipinski definition) is 2. The molecule has 2 aromatic heterocycles. The van der Waals surface area contributed by atoms with Gasteiger partial charge < -0.3 is 14.9 Å². The number of H-pyrrole nitrogens is 1. The van der Waals surface area contributed by atoms with E-state index in [4.69, 9.17) is 0 Å². The second-order valence-corrected chi connectivity index (χ2v) is 10.9. The van der Waals surface area contributed by atoms with E-state index in [0.29, 0.717) is 30.0 Å². The Hall–Kier alpha value is -5.32. The third-order valence-electron chi connectivity index (χ3n) is 8.17. The number of aromatic nitrogens is 4. The first-order valence-corrected chi connectivity index (χ1v) is 14.1. The Labute approximate surface area is 247 Å². The number of nitrogens with one attached hydrogen (secondary N) is 1. The summed E-state index contributed by atoms with van der Waals surface area (Å²) in [5, 5.41) is 11.2. The molecule has 5 aromatic rings. The van der Waals surface area contributed by atoms with E-state index in [2.05, 4.69) is 31.9 Å². The van der Waals surface area contributed by atoms with Gasteiger partial charge in [0.25, 0.3) is 5.56 Å². The lowest BCUT2D eigenvalue weighted by molar-refractivity contribution is 0.430. The van der Waals surface area contributed by atoms with Gasteiger partial charge in [0.1, 0.15) is 5.56 Å². The maximum Gasteiger partial charge on any atom is 0.335 e. The molecule has 0 amide bonds. The number of rotatable bonds is 5. The first kappa shape index (κ1) is 27.8. The lowest BCUT2D eigenvalue weighted by atomic mass is 10.1. The van der Waals surface area contributed by atoms with Crippen molar-refractivity contribution in [2.45, 2.75) is 13.8 Å². The van der Waals surface area contributed by atoms with Gasteiger partial charge in [-0.3, -0.25) is 23.9 Å². The Kier molecular flexibility index (Phi) is 7.01. The number of piperazine rings is 1. The van der Waals surface area contributed by atoms with Gasteiger partial charge in [-0.2, -0.15) is 0 Å². The highest BCUT2D eigenvalue weighted by atomic mass is 16.3. The van der Waals surface area contributed by atoms with Crippen LogP contribution in [0.3, 0.4) is 0 Å². The van der Waals surface area contributed by atoms with Gasteiger partial charge in [-0.1, -0.05) is 30.3 Å². The zero-order chi connectivity index (χ0) is 30.4. The van der Waals surface area contributed by atoms with Crippen molar-refractivity contribution in [3.05, 3.63) is 109 Å². The Bertz CT molecular complexity index is 2060. The van der Waals surface area contributed by atoms with E-state index in [1.54, 1.807) is 29.3 Å². The summed E-state index contributed by atoms with van der Waals surface area (Å²) >= 11 is 0. The van der Waals surface area contributed by atoms with Crippen molar-refractivity contribution in [2.24, 2.45) is 19.1 Å². The molecule has 0 saturated carbocycles. The molecule has 2 N–H and O–H groups in total. The number of imidazole rings is 1. The molecule has 1 aliphatic heterocycles. The van der Waals surface area contributed by atoms with Crippen LogP contribution < -0.4 is 26.7 Å². The lowest BCUT2D eigenvalue weighted by Gasteiger charge is -2.37. The topological polar surface area (TPSA) is 121 Å². The maximum absolute atomic E-state index is 12.9. The smallest absolute Gasteiger partial charge is 0.335 e. The molecule has 0 radical (unpaired) electrons. The number of fused-ring (bicyclic) bond motifs is 1. The van der Waals surface area contributed by atoms with Gasteiger partial charge in [0.05, 0.1) is 28.1 Å². The van der Waals surface area contributed by atoms with Crippen LogP contribution in [0.15, 0.2) is 80.0 Å². The van der Waals surface area contributed by atoms with Crippen molar-refractivity contribution >= 4 is 34.3 Å². The fourth-order valence-electron chi connectivity index (χ4n) is 5.70. The fourth-order valence-corrected chi connectivity index (χ4v) is 5.70. The van der Waals surface area contributed by atoms with Crippen LogP contribution in [0, 0.1) is 13.8 Å². The van der Waals surface area contributed by atoms with Gasteiger partial charge >= 0.3 is 11.4 Å². The van der Waals surface area contributed by atoms with E-state index in [9.17, 15) is 19.5 Å². The monoisotopic (exact) mass is 579 g/mol. The summed E-state index contributed by atoms with van der Waals surface area (Å²) in [6.07, 6.45) is 1.28. The van der Waals surface area contributed by atoms with E-state index in [0.717, 1.165) is 45.7 Å². The summed E-state index contributed by atoms with van der Waals surface area (Å²) in [7, 11) is 3.44. The van der Waals surface area contributed by atoms with Crippen molar-refractivity contribution in [2.75, 3.05) is 36.0 Å². The van der Waals surface area contributed by atoms with Crippen molar-refractivity contribution in [1.82, 2.24) is 18.7 Å². The fraction of sp³-hybridized carbons (Fsp3) is 0.250. The number of aliphatic imine (C=N–C) groups is 1. The minimum absolute atomic E-state index is 0.151. The summed E-state index contributed by atoms with van der Waals surface area (Å²) in [4.78, 5) is 50.0. The van der Waals surface area contributed by atoms with E-state index >= 15 is 0 Å². The largest absolute Gasteiger partial charge is 0.493 e. The summed E-state index contributed by atoms with van der Waals surface area (Å²) in [6, 6.07) is 19.5. The quantitative estimate of drug-likeness (QED) is 0.309. The van der Waals surface area contributed by atoms with Crippen molar-refractivity contribution in [3.8, 4) is 11.6 Å². The van der Waals surface area contributed by atoms with Crippen LogP contribution >= 0.6 is 0 Å². The molecule has 1 saturated heterocycles. The van der Waals surface area contributed by atoms with Crippen molar-refractivity contribution < 1.29 is 5.11 Å². The normalized spacial score (nSPS) is 13.9. The number of hydrogen-bond acceptors (Lipinski definition) is 7. The molecule has 43 heavy (non-hydrogen) atoms. The minimum Gasteiger partial charge on any atom is -0.493 e. The predicted octanol–water partition coefficient (Wildman–Crippen LogP) is 3.12. The standard InChI is InChI=1S/C32H33N7O4/c1-20-10-11-21(2)25(16-20)39-30(41)23(29(40)34-31(39)42)19-33-24-17-27-28(36(4)32(43)35(27)3)18-26(24)38-14-12-37(13-15-38)22-8-6-5-7-9-22/h5-11,16-19,41H,12-15H2,1-4H3,(H,34,40,42). The second kappa shape index (κ2) is 10.8. The highest BCUT2D eigenvalue weighted by Crippen LogP contribution is 2.34. The third-order valence-corrected chi connectivity index (χ3v) is 8.17. The number of aromatic amines is 1. The molecule has 1 aliphatic rings. The van der Waals surface area contributed by atoms with Crippen LogP contribution in [0.1, 0.15) is 16.7 Å². The molecule has 11 heteroatoms. The van der Waals surface area contributed by atoms with Crippen LogP contribution in [0.25, 0.3) is 16.7 Å². The molecule has 0 aliphatic carbocycles. The summed E-state index contributed by atoms with van der Waals surface area (Å²) in [6.45, 7) is 6.72. The van der Waals surface area contributed by atoms with Crippen molar-refractivity contribution in [1.29, 1.82) is 0 Å². The average molecular weight is 580 g/mol. The first-order valence-electron chi connectivity index (χ1n) is 14.1. The third kappa shape index (κ3) is 4.92. The molecular weight excluding hydrogens is 546 g/mol. The second-order valence-electron chi connectivity index (χ2n) is 10.9. The Morgan fingerprint density at radius 1 is 0.814 bits per heavy atom. The molecule has 0 unspecified atom stereocenters. The first-order chi connectivity index (χ1) is 20.6. The number of para-hydroxylation sites is 1. The van der Waals surface area contributed by atoms with Gasteiger partial charge in [0, 0.05) is 52.2 Å². The zero-order valence-electron chi connectivity index (χ0n) is 24.5. The molecule has 0 bridgehead atoms. The number of anilines is 2. The molecule has 11 nitrogen and oxygen atoms in total. The number of benzene rings is 3. The van der Waals surface area contributed by atoms with E-state index in [1.807, 2.05) is 56.3 Å². The van der Waals surface area contributed by atoms with E-state index in [-0.39, 0.29) is 11.3 Å². The maximum atomic E-state index is 12.9. The summed E-state index contributed by atoms with van der Waals surface area (Å²) in [5.74, 6) is -0.502. The van der Waals surface area contributed by atoms with Crippen LogP contribution in [-0.4, -0.2) is 56.2 Å². The number of aromatic hydroxyl groups is 1. The van der Waals surface area contributed by atoms with Crippen molar-refractivity contribution in [3.63, 3.8) is 0 Å². The predicted molar refractivity (Wildman–Crippen MR) is 170 cm³/mol. The highest BCUT2D eigenvalue weighted by Gasteiger charge is 2.22. The van der Waals surface area contributed by atoms with Gasteiger partial charge in [0.15, 0.2) is 0 Å². The highest BCUT2D eigenvalue weighted by molar-refractivity contribution is 5.92. The van der Waals surface area contributed by atoms with Crippen LogP contribution in [-0.2, 0) is 14.1 Å². The van der Waals surface area contributed by atoms with E-state index < -0.39 is 17.1 Å². The minimum atomic E-state index is -0.751. The van der Waals surface area contributed by atoms with Gasteiger partial charge in [-0.05, 0) is 55.3 Å². The zero-order valence-corrected chi connectivity index (χ0v) is 24.5. The molecule has 220 valence electrons. The number of nitrogens with zero attached hydrogens (tertiary/aromatic N) is 6. The summed E-state index contributed by atoms with van der Waals surface area (Å²) < 4.78 is 4.23. The number of aryl methyl sites for hydroxylation is 4. The van der Waals surface area contributed by atoms with Crippen LogP contribution in [0.4, 0.5) is 17.1 Å². The van der Waals surface area contributed by atoms with Crippen LogP contribution in [0.5, 0.6) is 5.88 Å². The Morgan fingerprint density at radius 3 is 2.16 bits per heavy atom. The molecule has 1 fully saturated rings. The molecule has 6 rings (SSSR count). The van der Waals surface area contributed by atoms with Gasteiger partial charge in [0.2, 0.25) is 5.88 Å². The lowest BCUT2D eigenvalue weighted by Crippen LogP contribution is -2.46. The Balaban J connectivity index is 1.44. The molecule has 3 heterocycles. The average Bonchev–Trinajstić information content (AvgIpc) is 3.21. The van der Waals surface area contributed by atoms with Gasteiger partial charge in [-0.25, -0.2) is 14.2 Å². The summed E-state index contributed by atoms with van der Waals surface area (Å²) in [5.41, 5.74) is 4.25.